The first-order valence-corrected chi connectivity index (χ1v) is 17.6. The molecule has 0 aliphatic heterocycles. The van der Waals surface area contributed by atoms with Crippen LogP contribution in [0.3, 0.4) is 0 Å². The van der Waals surface area contributed by atoms with Crippen molar-refractivity contribution in [2.75, 3.05) is 9.80 Å². The van der Waals surface area contributed by atoms with Crippen molar-refractivity contribution in [2.24, 2.45) is 0 Å². The highest BCUT2D eigenvalue weighted by molar-refractivity contribution is 5.93. The van der Waals surface area contributed by atoms with Crippen molar-refractivity contribution in [3.05, 3.63) is 217 Å². The summed E-state index contributed by atoms with van der Waals surface area (Å²) in [5.74, 6) is 0. The summed E-state index contributed by atoms with van der Waals surface area (Å²) in [4.78, 5) is 4.83. The molecule has 8 aromatic carbocycles. The molecular formula is C49H36N2. The van der Waals surface area contributed by atoms with E-state index >= 15 is 0 Å². The molecule has 9 rings (SSSR count). The maximum Gasteiger partial charge on any atom is 0.0503 e. The van der Waals surface area contributed by atoms with E-state index in [1.165, 1.54) is 55.9 Å². The van der Waals surface area contributed by atoms with Crippen molar-refractivity contribution >= 4 is 34.1 Å². The third kappa shape index (κ3) is 5.77. The first kappa shape index (κ1) is 30.4. The molecule has 0 atom stereocenters. The third-order valence-electron chi connectivity index (χ3n) is 9.92. The summed E-state index contributed by atoms with van der Waals surface area (Å²) in [6.07, 6.45) is 0.827. The summed E-state index contributed by atoms with van der Waals surface area (Å²) >= 11 is 0. The minimum Gasteiger partial charge on any atom is -0.310 e. The Hall–Kier alpha value is -6.64. The number of nitrogens with zero attached hydrogens (tertiary/aromatic N) is 2. The summed E-state index contributed by atoms with van der Waals surface area (Å²) < 4.78 is 0. The molecule has 1 aliphatic rings. The number of hydrogen-bond donors (Lipinski definition) is 0. The van der Waals surface area contributed by atoms with Gasteiger partial charge in [0.2, 0.25) is 0 Å². The summed E-state index contributed by atoms with van der Waals surface area (Å²) in [6.45, 7) is 0. The fraction of sp³-hybridized carbons (Fsp3) is 0.0204. The van der Waals surface area contributed by atoms with Crippen molar-refractivity contribution in [1.82, 2.24) is 0 Å². The van der Waals surface area contributed by atoms with Crippen molar-refractivity contribution < 1.29 is 0 Å². The lowest BCUT2D eigenvalue weighted by Gasteiger charge is -2.28. The molecule has 0 spiro atoms. The monoisotopic (exact) mass is 652 g/mol. The molecule has 0 heterocycles. The van der Waals surface area contributed by atoms with Gasteiger partial charge in [0, 0.05) is 29.2 Å². The summed E-state index contributed by atoms with van der Waals surface area (Å²) in [7, 11) is 0. The standard InChI is InChI=1S/C49H36N2/c1-5-15-36(16-6-1)38-27-31-42(32-28-38)50(40-19-9-3-10-20-40)48-25-13-23-44-45-24-14-26-49(47(45)35-46(44)48)51(41-21-11-4-12-22-41)43-33-29-39(30-34-43)37-17-7-2-8-18-37/h1-34H,35H2. The van der Waals surface area contributed by atoms with Crippen molar-refractivity contribution in [3.63, 3.8) is 0 Å². The second-order valence-corrected chi connectivity index (χ2v) is 13.0. The highest BCUT2D eigenvalue weighted by atomic mass is 15.2. The minimum absolute atomic E-state index is 0.827. The number of benzene rings is 8. The Labute approximate surface area is 300 Å². The lowest BCUT2D eigenvalue weighted by Crippen LogP contribution is -2.13. The lowest BCUT2D eigenvalue weighted by molar-refractivity contribution is 1.17. The molecule has 0 amide bonds. The van der Waals surface area contributed by atoms with E-state index < -0.39 is 0 Å². The first-order chi connectivity index (χ1) is 25.3. The molecule has 0 fully saturated rings. The fourth-order valence-electron chi connectivity index (χ4n) is 7.50. The van der Waals surface area contributed by atoms with Crippen LogP contribution in [-0.4, -0.2) is 0 Å². The van der Waals surface area contributed by atoms with Gasteiger partial charge >= 0.3 is 0 Å². The Kier molecular flexibility index (Phi) is 7.96. The van der Waals surface area contributed by atoms with Gasteiger partial charge in [-0.25, -0.2) is 0 Å². The van der Waals surface area contributed by atoms with E-state index in [1.807, 2.05) is 0 Å². The van der Waals surface area contributed by atoms with Gasteiger partial charge in [0.1, 0.15) is 0 Å². The number of rotatable bonds is 8. The molecule has 0 radical (unpaired) electrons. The molecule has 0 saturated carbocycles. The molecule has 0 saturated heterocycles. The topological polar surface area (TPSA) is 6.48 Å². The Bertz CT molecular complexity index is 2230. The van der Waals surface area contributed by atoms with Crippen LogP contribution in [-0.2, 0) is 6.42 Å². The second kappa shape index (κ2) is 13.3. The van der Waals surface area contributed by atoms with Gasteiger partial charge in [0.15, 0.2) is 0 Å². The molecule has 242 valence electrons. The Morgan fingerprint density at radius 1 is 0.255 bits per heavy atom. The quantitative estimate of drug-likeness (QED) is 0.161. The van der Waals surface area contributed by atoms with Crippen LogP contribution in [0.1, 0.15) is 11.1 Å². The smallest absolute Gasteiger partial charge is 0.0503 e. The van der Waals surface area contributed by atoms with E-state index in [2.05, 4.69) is 216 Å². The zero-order valence-electron chi connectivity index (χ0n) is 28.2. The van der Waals surface area contributed by atoms with Gasteiger partial charge in [0.05, 0.1) is 11.4 Å². The lowest BCUT2D eigenvalue weighted by atomic mass is 10.0. The average molecular weight is 653 g/mol. The van der Waals surface area contributed by atoms with Gasteiger partial charge in [-0.3, -0.25) is 0 Å². The summed E-state index contributed by atoms with van der Waals surface area (Å²) in [5.41, 5.74) is 17.1. The van der Waals surface area contributed by atoms with E-state index in [9.17, 15) is 0 Å². The van der Waals surface area contributed by atoms with Crippen LogP contribution < -0.4 is 9.80 Å². The summed E-state index contributed by atoms with van der Waals surface area (Å²) in [6, 6.07) is 74.1. The Morgan fingerprint density at radius 2 is 0.569 bits per heavy atom. The number of hydrogen-bond acceptors (Lipinski definition) is 2. The molecule has 8 aromatic rings. The van der Waals surface area contributed by atoms with Crippen LogP contribution >= 0.6 is 0 Å². The van der Waals surface area contributed by atoms with Crippen LogP contribution in [0.25, 0.3) is 33.4 Å². The maximum atomic E-state index is 2.41. The van der Waals surface area contributed by atoms with Gasteiger partial charge in [0.25, 0.3) is 0 Å². The van der Waals surface area contributed by atoms with E-state index in [1.54, 1.807) is 0 Å². The third-order valence-corrected chi connectivity index (χ3v) is 9.92. The van der Waals surface area contributed by atoms with E-state index in [-0.39, 0.29) is 0 Å². The molecule has 51 heavy (non-hydrogen) atoms. The highest BCUT2D eigenvalue weighted by Crippen LogP contribution is 2.50. The molecule has 1 aliphatic carbocycles. The molecular weight excluding hydrogens is 617 g/mol. The van der Waals surface area contributed by atoms with Gasteiger partial charge in [-0.2, -0.15) is 0 Å². The van der Waals surface area contributed by atoms with Crippen LogP contribution in [0.5, 0.6) is 0 Å². The highest BCUT2D eigenvalue weighted by Gasteiger charge is 2.29. The minimum atomic E-state index is 0.827. The van der Waals surface area contributed by atoms with E-state index in [0.29, 0.717) is 0 Å². The molecule has 2 nitrogen and oxygen atoms in total. The van der Waals surface area contributed by atoms with Crippen LogP contribution in [0.2, 0.25) is 0 Å². The largest absolute Gasteiger partial charge is 0.310 e. The van der Waals surface area contributed by atoms with Gasteiger partial charge in [-0.15, -0.1) is 0 Å². The van der Waals surface area contributed by atoms with Crippen molar-refractivity contribution in [3.8, 4) is 33.4 Å². The van der Waals surface area contributed by atoms with Crippen LogP contribution in [0.4, 0.5) is 34.1 Å². The Balaban J connectivity index is 1.14. The molecule has 0 unspecified atom stereocenters. The fourth-order valence-corrected chi connectivity index (χ4v) is 7.50. The average Bonchev–Trinajstić information content (AvgIpc) is 3.61. The molecule has 2 heteroatoms. The predicted molar refractivity (Wildman–Crippen MR) is 215 cm³/mol. The predicted octanol–water partition coefficient (Wildman–Crippen LogP) is 13.5. The van der Waals surface area contributed by atoms with Crippen LogP contribution in [0, 0.1) is 0 Å². The Morgan fingerprint density at radius 3 is 0.941 bits per heavy atom. The first-order valence-electron chi connectivity index (χ1n) is 17.6. The molecule has 0 bridgehead atoms. The van der Waals surface area contributed by atoms with Crippen molar-refractivity contribution in [1.29, 1.82) is 0 Å². The van der Waals surface area contributed by atoms with Gasteiger partial charge in [-0.1, -0.05) is 146 Å². The van der Waals surface area contributed by atoms with E-state index in [4.69, 9.17) is 0 Å². The second-order valence-electron chi connectivity index (χ2n) is 13.0. The molecule has 0 N–H and O–H groups in total. The normalized spacial score (nSPS) is 11.5. The van der Waals surface area contributed by atoms with Gasteiger partial charge in [-0.05, 0) is 105 Å². The SMILES string of the molecule is c1ccc(-c2ccc(N(c3ccccc3)c3cccc4c3Cc3c-4cccc3N(c3ccccc3)c3ccc(-c4ccccc4)cc3)cc2)cc1. The van der Waals surface area contributed by atoms with E-state index in [0.717, 1.165) is 29.2 Å². The van der Waals surface area contributed by atoms with Crippen LogP contribution in [0.15, 0.2) is 206 Å². The zero-order valence-corrected chi connectivity index (χ0v) is 28.2. The molecule has 0 aromatic heterocycles. The zero-order chi connectivity index (χ0) is 34.0. The maximum absolute atomic E-state index is 2.41. The number of anilines is 6. The number of fused-ring (bicyclic) bond motifs is 3. The number of para-hydroxylation sites is 2. The summed E-state index contributed by atoms with van der Waals surface area (Å²) in [5, 5.41) is 0. The van der Waals surface area contributed by atoms with Crippen molar-refractivity contribution in [2.45, 2.75) is 6.42 Å². The van der Waals surface area contributed by atoms with Gasteiger partial charge < -0.3 is 9.80 Å².